The van der Waals surface area contributed by atoms with Crippen LogP contribution in [0.4, 0.5) is 11.4 Å². The normalized spacial score (nSPS) is 10.3. The Hall–Kier alpha value is -2.70. The van der Waals surface area contributed by atoms with Crippen LogP contribution in [0.15, 0.2) is 24.4 Å². The van der Waals surface area contributed by atoms with E-state index in [0.717, 1.165) is 11.3 Å². The zero-order valence-corrected chi connectivity index (χ0v) is 11.4. The predicted octanol–water partition coefficient (Wildman–Crippen LogP) is 2.20. The van der Waals surface area contributed by atoms with Gasteiger partial charge < -0.3 is 5.32 Å². The summed E-state index contributed by atoms with van der Waals surface area (Å²) in [5.74, 6) is -0.334. The summed E-state index contributed by atoms with van der Waals surface area (Å²) in [4.78, 5) is 22.4. The number of anilines is 1. The van der Waals surface area contributed by atoms with Gasteiger partial charge in [0, 0.05) is 24.9 Å². The third-order valence-corrected chi connectivity index (χ3v) is 3.16. The lowest BCUT2D eigenvalue weighted by Crippen LogP contribution is -2.14. The van der Waals surface area contributed by atoms with Gasteiger partial charge in [0.25, 0.3) is 11.6 Å². The zero-order chi connectivity index (χ0) is 14.9. The molecular weight excluding hydrogens is 260 g/mol. The van der Waals surface area contributed by atoms with Gasteiger partial charge in [0.15, 0.2) is 0 Å². The number of nitro groups is 1. The molecule has 7 heteroatoms. The van der Waals surface area contributed by atoms with Crippen LogP contribution in [-0.4, -0.2) is 20.6 Å². The number of nitro benzene ring substituents is 1. The summed E-state index contributed by atoms with van der Waals surface area (Å²) in [5, 5.41) is 17.4. The average molecular weight is 274 g/mol. The number of nitrogens with zero attached hydrogens (tertiary/aromatic N) is 3. The van der Waals surface area contributed by atoms with E-state index in [1.165, 1.54) is 18.3 Å². The van der Waals surface area contributed by atoms with Crippen LogP contribution in [0.3, 0.4) is 0 Å². The van der Waals surface area contributed by atoms with Gasteiger partial charge in [0.05, 0.1) is 22.4 Å². The number of hydrogen-bond donors (Lipinski definition) is 1. The van der Waals surface area contributed by atoms with Gasteiger partial charge >= 0.3 is 0 Å². The van der Waals surface area contributed by atoms with Gasteiger partial charge in [0.2, 0.25) is 0 Å². The first-order valence-corrected chi connectivity index (χ1v) is 5.95. The highest BCUT2D eigenvalue weighted by molar-refractivity contribution is 6.05. The maximum Gasteiger partial charge on any atom is 0.271 e. The van der Waals surface area contributed by atoms with Gasteiger partial charge in [0.1, 0.15) is 0 Å². The minimum atomic E-state index is -0.496. The topological polar surface area (TPSA) is 90.1 Å². The van der Waals surface area contributed by atoms with Crippen molar-refractivity contribution >= 4 is 17.3 Å². The van der Waals surface area contributed by atoms with Crippen LogP contribution < -0.4 is 5.32 Å². The fourth-order valence-corrected chi connectivity index (χ4v) is 1.77. The van der Waals surface area contributed by atoms with Crippen molar-refractivity contribution < 1.29 is 9.72 Å². The van der Waals surface area contributed by atoms with Crippen LogP contribution >= 0.6 is 0 Å². The highest BCUT2D eigenvalue weighted by atomic mass is 16.6. The number of carbonyl (C=O) groups excluding carboxylic acids is 1. The van der Waals surface area contributed by atoms with Gasteiger partial charge in [-0.2, -0.15) is 5.10 Å². The first kappa shape index (κ1) is 13.7. The Kier molecular flexibility index (Phi) is 3.51. The molecule has 0 radical (unpaired) electrons. The number of aryl methyl sites for hydroxylation is 2. The minimum absolute atomic E-state index is 0.0613. The molecule has 0 aliphatic carbocycles. The molecule has 1 heterocycles. The lowest BCUT2D eigenvalue weighted by atomic mass is 10.1. The second kappa shape index (κ2) is 5.12. The summed E-state index contributed by atoms with van der Waals surface area (Å²) >= 11 is 0. The maximum absolute atomic E-state index is 12.1. The van der Waals surface area contributed by atoms with Gasteiger partial charge in [-0.25, -0.2) is 0 Å². The molecule has 0 fully saturated rings. The van der Waals surface area contributed by atoms with Crippen LogP contribution in [0, 0.1) is 24.0 Å². The monoisotopic (exact) mass is 274 g/mol. The molecule has 0 spiro atoms. The van der Waals surface area contributed by atoms with Gasteiger partial charge in [-0.05, 0) is 19.4 Å². The third kappa shape index (κ3) is 2.51. The number of benzene rings is 1. The smallest absolute Gasteiger partial charge is 0.271 e. The molecule has 0 bridgehead atoms. The summed E-state index contributed by atoms with van der Waals surface area (Å²) in [6.07, 6.45) is 1.47. The van der Waals surface area contributed by atoms with Crippen molar-refractivity contribution in [3.8, 4) is 0 Å². The van der Waals surface area contributed by atoms with Gasteiger partial charge in [-0.15, -0.1) is 0 Å². The molecule has 0 aliphatic rings. The number of carbonyl (C=O) groups is 1. The first-order chi connectivity index (χ1) is 9.40. The molecule has 0 atom stereocenters. The Morgan fingerprint density at radius 1 is 1.40 bits per heavy atom. The Bertz CT molecular complexity index is 691. The molecule has 7 nitrogen and oxygen atoms in total. The molecule has 2 aromatic rings. The molecule has 0 aliphatic heterocycles. The Morgan fingerprint density at radius 2 is 2.10 bits per heavy atom. The number of non-ortho nitro benzene ring substituents is 1. The average Bonchev–Trinajstić information content (AvgIpc) is 2.72. The van der Waals surface area contributed by atoms with Crippen molar-refractivity contribution in [3.63, 3.8) is 0 Å². The van der Waals surface area contributed by atoms with E-state index in [9.17, 15) is 14.9 Å². The van der Waals surface area contributed by atoms with Crippen molar-refractivity contribution in [2.45, 2.75) is 13.8 Å². The second-order valence-corrected chi connectivity index (χ2v) is 4.48. The summed E-state index contributed by atoms with van der Waals surface area (Å²) in [7, 11) is 1.74. The molecule has 0 saturated carbocycles. The van der Waals surface area contributed by atoms with E-state index in [2.05, 4.69) is 10.4 Å². The third-order valence-electron chi connectivity index (χ3n) is 3.16. The summed E-state index contributed by atoms with van der Waals surface area (Å²) in [6.45, 7) is 3.55. The number of aromatic nitrogens is 2. The number of rotatable bonds is 3. The van der Waals surface area contributed by atoms with E-state index in [4.69, 9.17) is 0 Å². The quantitative estimate of drug-likeness (QED) is 0.686. The molecule has 0 saturated heterocycles. The van der Waals surface area contributed by atoms with E-state index < -0.39 is 4.92 Å². The predicted molar refractivity (Wildman–Crippen MR) is 73.7 cm³/mol. The Balaban J connectivity index is 2.30. The van der Waals surface area contributed by atoms with E-state index in [-0.39, 0.29) is 11.6 Å². The lowest BCUT2D eigenvalue weighted by molar-refractivity contribution is -0.384. The second-order valence-electron chi connectivity index (χ2n) is 4.48. The minimum Gasteiger partial charge on any atom is -0.321 e. The maximum atomic E-state index is 12.1. The summed E-state index contributed by atoms with van der Waals surface area (Å²) < 4.78 is 1.59. The molecule has 1 N–H and O–H groups in total. The molecule has 20 heavy (non-hydrogen) atoms. The van der Waals surface area contributed by atoms with Gasteiger partial charge in [-0.1, -0.05) is 6.07 Å². The van der Waals surface area contributed by atoms with E-state index in [1.54, 1.807) is 31.6 Å². The molecule has 0 unspecified atom stereocenters. The highest BCUT2D eigenvalue weighted by Gasteiger charge is 2.15. The van der Waals surface area contributed by atoms with Crippen molar-refractivity contribution in [1.82, 2.24) is 9.78 Å². The van der Waals surface area contributed by atoms with Crippen LogP contribution in [0.2, 0.25) is 0 Å². The first-order valence-electron chi connectivity index (χ1n) is 5.95. The SMILES string of the molecule is Cc1ccc([N+](=O)[O-])cc1NC(=O)c1cnn(C)c1C. The lowest BCUT2D eigenvalue weighted by Gasteiger charge is -2.08. The molecule has 1 aromatic heterocycles. The Morgan fingerprint density at radius 3 is 2.65 bits per heavy atom. The van der Waals surface area contributed by atoms with Gasteiger partial charge in [-0.3, -0.25) is 19.6 Å². The summed E-state index contributed by atoms with van der Waals surface area (Å²) in [6, 6.07) is 4.35. The van der Waals surface area contributed by atoms with Crippen LogP contribution in [0.25, 0.3) is 0 Å². The fraction of sp³-hybridized carbons (Fsp3) is 0.231. The van der Waals surface area contributed by atoms with E-state index >= 15 is 0 Å². The van der Waals surface area contributed by atoms with Crippen molar-refractivity contribution in [2.24, 2.45) is 7.05 Å². The van der Waals surface area contributed by atoms with Crippen LogP contribution in [0.1, 0.15) is 21.6 Å². The van der Waals surface area contributed by atoms with E-state index in [0.29, 0.717) is 11.3 Å². The Labute approximate surface area is 115 Å². The standard InChI is InChI=1S/C13H14N4O3/c1-8-4-5-10(17(19)20)6-12(8)15-13(18)11-7-14-16(3)9(11)2/h4-7H,1-3H3,(H,15,18). The van der Waals surface area contributed by atoms with Crippen molar-refractivity contribution in [1.29, 1.82) is 0 Å². The highest BCUT2D eigenvalue weighted by Crippen LogP contribution is 2.22. The number of amides is 1. The fourth-order valence-electron chi connectivity index (χ4n) is 1.77. The molecule has 1 aromatic carbocycles. The molecule has 2 rings (SSSR count). The summed E-state index contributed by atoms with van der Waals surface area (Å²) in [5.41, 5.74) is 2.29. The zero-order valence-electron chi connectivity index (χ0n) is 11.4. The van der Waals surface area contributed by atoms with E-state index in [1.807, 2.05) is 0 Å². The number of hydrogen-bond acceptors (Lipinski definition) is 4. The molecular formula is C13H14N4O3. The molecule has 104 valence electrons. The molecule has 1 amide bonds. The number of nitrogens with one attached hydrogen (secondary N) is 1. The van der Waals surface area contributed by atoms with Crippen molar-refractivity contribution in [3.05, 3.63) is 51.3 Å². The van der Waals surface area contributed by atoms with Crippen LogP contribution in [0.5, 0.6) is 0 Å². The van der Waals surface area contributed by atoms with Crippen LogP contribution in [-0.2, 0) is 7.05 Å². The largest absolute Gasteiger partial charge is 0.321 e. The van der Waals surface area contributed by atoms with Crippen molar-refractivity contribution in [2.75, 3.05) is 5.32 Å².